The second kappa shape index (κ2) is 10.4. The Bertz CT molecular complexity index is 1230. The summed E-state index contributed by atoms with van der Waals surface area (Å²) in [6.07, 6.45) is 0.340. The second-order valence-electron chi connectivity index (χ2n) is 7.81. The van der Waals surface area contributed by atoms with Gasteiger partial charge in [-0.05, 0) is 53.9 Å². The number of nitrogens with one attached hydrogen (secondary N) is 1. The van der Waals surface area contributed by atoms with Crippen molar-refractivity contribution in [3.63, 3.8) is 0 Å². The van der Waals surface area contributed by atoms with Gasteiger partial charge in [-0.1, -0.05) is 54.1 Å². The van der Waals surface area contributed by atoms with E-state index in [2.05, 4.69) is 5.32 Å². The molecule has 3 aromatic carbocycles. The van der Waals surface area contributed by atoms with Gasteiger partial charge in [-0.2, -0.15) is 0 Å². The van der Waals surface area contributed by atoms with Crippen molar-refractivity contribution in [2.75, 3.05) is 6.54 Å². The predicted molar refractivity (Wildman–Crippen MR) is 129 cm³/mol. The normalized spacial score (nSPS) is 12.9. The Balaban J connectivity index is 1.58. The van der Waals surface area contributed by atoms with E-state index >= 15 is 0 Å². The van der Waals surface area contributed by atoms with E-state index in [9.17, 15) is 9.90 Å². The molecule has 1 amide bonds. The van der Waals surface area contributed by atoms with Crippen LogP contribution in [0.5, 0.6) is 5.75 Å². The molecule has 0 aliphatic rings. The third-order valence-electron chi connectivity index (χ3n) is 5.51. The summed E-state index contributed by atoms with van der Waals surface area (Å²) >= 11 is 6.05. The standard InChI is InChI=1S/C26H25ClN2O4/c27-21-8-4-5-18(15-21)17-33-22-9-10-23-20(16-22)12-14-29(23)25(19-6-2-1-3-7-19)24(30)11-13-28-26(31)32/h1-10,12,14-16,24-25,28,30H,11,13,17H2,(H,31,32)/t24-,25+/m1/s1. The van der Waals surface area contributed by atoms with Crippen LogP contribution in [0.25, 0.3) is 10.9 Å². The van der Waals surface area contributed by atoms with Crippen molar-refractivity contribution in [1.82, 2.24) is 9.88 Å². The Hall–Kier alpha value is -3.48. The molecule has 2 atom stereocenters. The van der Waals surface area contributed by atoms with Crippen molar-refractivity contribution in [3.8, 4) is 5.75 Å². The summed E-state index contributed by atoms with van der Waals surface area (Å²) in [5.41, 5.74) is 2.88. The molecule has 4 aromatic rings. The molecule has 0 aliphatic heterocycles. The number of rotatable bonds is 9. The van der Waals surface area contributed by atoms with E-state index in [1.807, 2.05) is 89.6 Å². The Morgan fingerprint density at radius 2 is 1.85 bits per heavy atom. The van der Waals surface area contributed by atoms with Crippen LogP contribution in [0.1, 0.15) is 23.6 Å². The monoisotopic (exact) mass is 464 g/mol. The highest BCUT2D eigenvalue weighted by molar-refractivity contribution is 6.30. The van der Waals surface area contributed by atoms with Gasteiger partial charge in [0, 0.05) is 28.7 Å². The molecule has 0 fully saturated rings. The number of carboxylic acid groups (broad SMARTS) is 1. The number of amides is 1. The lowest BCUT2D eigenvalue weighted by Gasteiger charge is -2.26. The van der Waals surface area contributed by atoms with Gasteiger partial charge in [0.1, 0.15) is 12.4 Å². The molecule has 1 heterocycles. The minimum Gasteiger partial charge on any atom is -0.489 e. The first-order chi connectivity index (χ1) is 16.0. The average Bonchev–Trinajstić information content (AvgIpc) is 3.21. The highest BCUT2D eigenvalue weighted by Gasteiger charge is 2.24. The minimum absolute atomic E-state index is 0.167. The number of hydrogen-bond acceptors (Lipinski definition) is 3. The molecule has 7 heteroatoms. The zero-order chi connectivity index (χ0) is 23.2. The number of ether oxygens (including phenoxy) is 1. The highest BCUT2D eigenvalue weighted by atomic mass is 35.5. The van der Waals surface area contributed by atoms with Crippen LogP contribution in [-0.4, -0.2) is 33.5 Å². The van der Waals surface area contributed by atoms with Gasteiger partial charge in [0.2, 0.25) is 0 Å². The van der Waals surface area contributed by atoms with Crippen molar-refractivity contribution in [2.45, 2.75) is 25.2 Å². The molecule has 0 bridgehead atoms. The van der Waals surface area contributed by atoms with Gasteiger partial charge in [0.25, 0.3) is 0 Å². The zero-order valence-corrected chi connectivity index (χ0v) is 18.7. The molecule has 170 valence electrons. The van der Waals surface area contributed by atoms with Crippen LogP contribution in [0.4, 0.5) is 4.79 Å². The summed E-state index contributed by atoms with van der Waals surface area (Å²) < 4.78 is 7.98. The number of aliphatic hydroxyl groups excluding tert-OH is 1. The van der Waals surface area contributed by atoms with E-state index in [0.717, 1.165) is 27.8 Å². The SMILES string of the molecule is O=C(O)NCC[C@@H](O)[C@H](c1ccccc1)n1ccc2cc(OCc3cccc(Cl)c3)ccc21. The van der Waals surface area contributed by atoms with Crippen LogP contribution in [-0.2, 0) is 6.61 Å². The van der Waals surface area contributed by atoms with Crippen LogP contribution in [0.15, 0.2) is 85.1 Å². The van der Waals surface area contributed by atoms with E-state index < -0.39 is 12.2 Å². The molecular formula is C26H25ClN2O4. The zero-order valence-electron chi connectivity index (χ0n) is 17.9. The molecular weight excluding hydrogens is 440 g/mol. The van der Waals surface area contributed by atoms with E-state index in [1.54, 1.807) is 0 Å². The van der Waals surface area contributed by atoms with Gasteiger partial charge in [0.15, 0.2) is 0 Å². The number of aromatic nitrogens is 1. The molecule has 1 aromatic heterocycles. The maximum absolute atomic E-state index is 11.0. The Morgan fingerprint density at radius 1 is 1.03 bits per heavy atom. The smallest absolute Gasteiger partial charge is 0.404 e. The molecule has 6 nitrogen and oxygen atoms in total. The van der Waals surface area contributed by atoms with Crippen molar-refractivity contribution in [3.05, 3.63) is 101 Å². The quantitative estimate of drug-likeness (QED) is 0.306. The summed E-state index contributed by atoms with van der Waals surface area (Å²) in [6.45, 7) is 0.579. The fourth-order valence-electron chi connectivity index (χ4n) is 3.97. The lowest BCUT2D eigenvalue weighted by Crippen LogP contribution is -2.30. The van der Waals surface area contributed by atoms with Crippen molar-refractivity contribution in [2.24, 2.45) is 0 Å². The largest absolute Gasteiger partial charge is 0.489 e. The first-order valence-corrected chi connectivity index (χ1v) is 11.1. The van der Waals surface area contributed by atoms with E-state index in [4.69, 9.17) is 21.4 Å². The van der Waals surface area contributed by atoms with Crippen molar-refractivity contribution >= 4 is 28.6 Å². The van der Waals surface area contributed by atoms with Gasteiger partial charge < -0.3 is 24.8 Å². The van der Waals surface area contributed by atoms with Crippen LogP contribution in [0.2, 0.25) is 5.02 Å². The van der Waals surface area contributed by atoms with Gasteiger partial charge >= 0.3 is 6.09 Å². The summed E-state index contributed by atoms with van der Waals surface area (Å²) in [4.78, 5) is 10.8. The fraction of sp³-hybridized carbons (Fsp3) is 0.192. The van der Waals surface area contributed by atoms with Gasteiger partial charge in [-0.15, -0.1) is 0 Å². The third kappa shape index (κ3) is 5.66. The summed E-state index contributed by atoms with van der Waals surface area (Å²) in [5.74, 6) is 0.739. The van der Waals surface area contributed by atoms with Crippen LogP contribution in [0.3, 0.4) is 0 Å². The molecule has 0 spiro atoms. The molecule has 3 N–H and O–H groups in total. The average molecular weight is 465 g/mol. The number of aliphatic hydroxyl groups is 1. The van der Waals surface area contributed by atoms with Crippen LogP contribution >= 0.6 is 11.6 Å². The summed E-state index contributed by atoms with van der Waals surface area (Å²) in [5, 5.41) is 23.8. The van der Waals surface area contributed by atoms with E-state index in [0.29, 0.717) is 11.6 Å². The first-order valence-electron chi connectivity index (χ1n) is 10.7. The number of fused-ring (bicyclic) bond motifs is 1. The van der Waals surface area contributed by atoms with Crippen LogP contribution in [0, 0.1) is 0 Å². The second-order valence-corrected chi connectivity index (χ2v) is 8.24. The molecule has 0 aliphatic carbocycles. The number of benzene rings is 3. The van der Waals surface area contributed by atoms with E-state index in [-0.39, 0.29) is 19.0 Å². The van der Waals surface area contributed by atoms with Gasteiger partial charge in [0.05, 0.1) is 12.1 Å². The lowest BCUT2D eigenvalue weighted by atomic mass is 9.98. The number of nitrogens with zero attached hydrogens (tertiary/aromatic N) is 1. The minimum atomic E-state index is -1.10. The van der Waals surface area contributed by atoms with Gasteiger partial charge in [-0.3, -0.25) is 0 Å². The first kappa shape index (κ1) is 22.7. The summed E-state index contributed by atoms with van der Waals surface area (Å²) in [6, 6.07) is 24.7. The molecule has 0 saturated heterocycles. The molecule has 0 radical (unpaired) electrons. The third-order valence-corrected chi connectivity index (χ3v) is 5.74. The van der Waals surface area contributed by atoms with Gasteiger partial charge in [-0.25, -0.2) is 4.79 Å². The number of halogens is 1. The molecule has 4 rings (SSSR count). The Labute approximate surface area is 197 Å². The number of carbonyl (C=O) groups is 1. The summed E-state index contributed by atoms with van der Waals surface area (Å²) in [7, 11) is 0. The lowest BCUT2D eigenvalue weighted by molar-refractivity contribution is 0.121. The Morgan fingerprint density at radius 3 is 2.61 bits per heavy atom. The van der Waals surface area contributed by atoms with Crippen LogP contribution < -0.4 is 10.1 Å². The fourth-order valence-corrected chi connectivity index (χ4v) is 4.18. The topological polar surface area (TPSA) is 83.7 Å². The van der Waals surface area contributed by atoms with Crippen molar-refractivity contribution < 1.29 is 19.7 Å². The van der Waals surface area contributed by atoms with Crippen molar-refractivity contribution in [1.29, 1.82) is 0 Å². The predicted octanol–water partition coefficient (Wildman–Crippen LogP) is 5.48. The maximum Gasteiger partial charge on any atom is 0.404 e. The van der Waals surface area contributed by atoms with E-state index in [1.165, 1.54) is 0 Å². The molecule has 0 saturated carbocycles. The molecule has 0 unspecified atom stereocenters. The Kier molecular flexibility index (Phi) is 7.17. The molecule has 33 heavy (non-hydrogen) atoms. The highest BCUT2D eigenvalue weighted by Crippen LogP contribution is 2.31. The maximum atomic E-state index is 11.0. The number of hydrogen-bond donors (Lipinski definition) is 3.